The van der Waals surface area contributed by atoms with Crippen LogP contribution in [0.15, 0.2) is 12.2 Å². The van der Waals surface area contributed by atoms with Crippen molar-refractivity contribution in [3.05, 3.63) is 12.2 Å². The molecule has 3 fully saturated rings. The zero-order valence-corrected chi connectivity index (χ0v) is 15.1. The molecular formula is C20H30N2O3. The van der Waals surface area contributed by atoms with Gasteiger partial charge >= 0.3 is 0 Å². The van der Waals surface area contributed by atoms with E-state index in [1.165, 1.54) is 6.42 Å². The topological polar surface area (TPSA) is 49.9 Å². The SMILES string of the molecule is O=C(CCC1CCN(C(=O)[C@H]2C[C@@H]3C=C[C@H]2C3)CC1)N1CCOCC1. The number of amides is 2. The molecule has 5 nitrogen and oxygen atoms in total. The van der Waals surface area contributed by atoms with Crippen molar-refractivity contribution in [2.75, 3.05) is 39.4 Å². The zero-order chi connectivity index (χ0) is 17.2. The first-order valence-electron chi connectivity index (χ1n) is 10.0. The summed E-state index contributed by atoms with van der Waals surface area (Å²) in [6.07, 6.45) is 10.5. The van der Waals surface area contributed by atoms with E-state index in [-0.39, 0.29) is 11.8 Å². The van der Waals surface area contributed by atoms with Crippen molar-refractivity contribution in [2.24, 2.45) is 23.7 Å². The Balaban J connectivity index is 1.19. The zero-order valence-electron chi connectivity index (χ0n) is 15.1. The fourth-order valence-corrected chi connectivity index (χ4v) is 5.04. The van der Waals surface area contributed by atoms with Crippen LogP contribution in [0.4, 0.5) is 0 Å². The summed E-state index contributed by atoms with van der Waals surface area (Å²) in [5.41, 5.74) is 0. The van der Waals surface area contributed by atoms with E-state index < -0.39 is 0 Å². The first-order chi connectivity index (χ1) is 12.2. The van der Waals surface area contributed by atoms with Crippen LogP contribution >= 0.6 is 0 Å². The Labute approximate surface area is 150 Å². The van der Waals surface area contributed by atoms with E-state index in [4.69, 9.17) is 4.74 Å². The third-order valence-corrected chi connectivity index (χ3v) is 6.65. The van der Waals surface area contributed by atoms with Crippen LogP contribution in [0.5, 0.6) is 0 Å². The standard InChI is InChI=1S/C20H30N2O3/c23-19(21-9-11-25-12-10-21)4-2-15-5-7-22(8-6-15)20(24)18-14-16-1-3-17(18)13-16/h1,3,15-18H,2,4-14H2/t16-,17+,18+/m1/s1. The van der Waals surface area contributed by atoms with Gasteiger partial charge < -0.3 is 14.5 Å². The van der Waals surface area contributed by atoms with E-state index in [9.17, 15) is 9.59 Å². The van der Waals surface area contributed by atoms with Gasteiger partial charge in [-0.3, -0.25) is 9.59 Å². The number of piperidine rings is 1. The normalized spacial score (nSPS) is 32.4. The summed E-state index contributed by atoms with van der Waals surface area (Å²) in [7, 11) is 0. The fraction of sp³-hybridized carbons (Fsp3) is 0.800. The van der Waals surface area contributed by atoms with Crippen LogP contribution in [0.3, 0.4) is 0 Å². The molecule has 2 aliphatic carbocycles. The molecule has 0 aromatic rings. The molecule has 0 aromatic heterocycles. The Morgan fingerprint density at radius 2 is 1.72 bits per heavy atom. The molecule has 25 heavy (non-hydrogen) atoms. The summed E-state index contributed by atoms with van der Waals surface area (Å²) in [5.74, 6) is 2.66. The van der Waals surface area contributed by atoms with Crippen molar-refractivity contribution in [3.63, 3.8) is 0 Å². The Morgan fingerprint density at radius 3 is 2.36 bits per heavy atom. The molecule has 4 rings (SSSR count). The van der Waals surface area contributed by atoms with Gasteiger partial charge in [0.1, 0.15) is 0 Å². The van der Waals surface area contributed by atoms with E-state index in [0.717, 1.165) is 51.9 Å². The number of rotatable bonds is 4. The molecule has 5 heteroatoms. The largest absolute Gasteiger partial charge is 0.378 e. The van der Waals surface area contributed by atoms with Crippen LogP contribution in [0.2, 0.25) is 0 Å². The number of allylic oxidation sites excluding steroid dienone is 2. The summed E-state index contributed by atoms with van der Waals surface area (Å²) in [6, 6.07) is 0. The molecule has 2 bridgehead atoms. The van der Waals surface area contributed by atoms with Crippen molar-refractivity contribution in [2.45, 2.75) is 38.5 Å². The number of nitrogens with zero attached hydrogens (tertiary/aromatic N) is 2. The highest BCUT2D eigenvalue weighted by Crippen LogP contribution is 2.44. The molecular weight excluding hydrogens is 316 g/mol. The van der Waals surface area contributed by atoms with Gasteiger partial charge in [0, 0.05) is 38.5 Å². The van der Waals surface area contributed by atoms with Gasteiger partial charge in [-0.15, -0.1) is 0 Å². The Hall–Kier alpha value is -1.36. The van der Waals surface area contributed by atoms with Crippen molar-refractivity contribution >= 4 is 11.8 Å². The minimum absolute atomic E-state index is 0.245. The lowest BCUT2D eigenvalue weighted by Crippen LogP contribution is -2.43. The molecule has 2 amide bonds. The molecule has 2 aliphatic heterocycles. The lowest BCUT2D eigenvalue weighted by molar-refractivity contribution is -0.138. The van der Waals surface area contributed by atoms with Gasteiger partial charge in [-0.1, -0.05) is 12.2 Å². The Kier molecular flexibility index (Phi) is 5.11. The second-order valence-corrected chi connectivity index (χ2v) is 8.19. The first kappa shape index (κ1) is 17.1. The Morgan fingerprint density at radius 1 is 0.960 bits per heavy atom. The van der Waals surface area contributed by atoms with Gasteiger partial charge in [0.25, 0.3) is 0 Å². The summed E-state index contributed by atoms with van der Waals surface area (Å²) in [6.45, 7) is 4.59. The van der Waals surface area contributed by atoms with E-state index in [2.05, 4.69) is 17.1 Å². The number of morpholine rings is 1. The van der Waals surface area contributed by atoms with Crippen molar-refractivity contribution in [3.8, 4) is 0 Å². The third kappa shape index (κ3) is 3.76. The molecule has 2 saturated heterocycles. The van der Waals surface area contributed by atoms with Crippen LogP contribution in [0.25, 0.3) is 0 Å². The molecule has 0 unspecified atom stereocenters. The van der Waals surface area contributed by atoms with Gasteiger partial charge in [-0.05, 0) is 49.9 Å². The second-order valence-electron chi connectivity index (χ2n) is 8.19. The number of carbonyl (C=O) groups excluding carboxylic acids is 2. The molecule has 2 heterocycles. The number of ether oxygens (including phenoxy) is 1. The third-order valence-electron chi connectivity index (χ3n) is 6.65. The molecule has 3 atom stereocenters. The van der Waals surface area contributed by atoms with Crippen LogP contribution < -0.4 is 0 Å². The fourth-order valence-electron chi connectivity index (χ4n) is 5.04. The van der Waals surface area contributed by atoms with Crippen LogP contribution in [0.1, 0.15) is 38.5 Å². The summed E-state index contributed by atoms with van der Waals surface area (Å²) >= 11 is 0. The lowest BCUT2D eigenvalue weighted by atomic mass is 9.88. The minimum atomic E-state index is 0.245. The maximum Gasteiger partial charge on any atom is 0.226 e. The van der Waals surface area contributed by atoms with Gasteiger partial charge in [-0.2, -0.15) is 0 Å². The highest BCUT2D eigenvalue weighted by Gasteiger charge is 2.41. The van der Waals surface area contributed by atoms with Gasteiger partial charge in [0.15, 0.2) is 0 Å². The van der Waals surface area contributed by atoms with Crippen LogP contribution in [-0.4, -0.2) is 61.0 Å². The smallest absolute Gasteiger partial charge is 0.226 e. The summed E-state index contributed by atoms with van der Waals surface area (Å²) in [4.78, 5) is 29.1. The molecule has 0 spiro atoms. The molecule has 138 valence electrons. The lowest BCUT2D eigenvalue weighted by Gasteiger charge is -2.35. The quantitative estimate of drug-likeness (QED) is 0.732. The van der Waals surface area contributed by atoms with Crippen LogP contribution in [0, 0.1) is 23.7 Å². The van der Waals surface area contributed by atoms with Gasteiger partial charge in [-0.25, -0.2) is 0 Å². The molecule has 0 aromatic carbocycles. The van der Waals surface area contributed by atoms with E-state index in [1.54, 1.807) is 0 Å². The van der Waals surface area contributed by atoms with Gasteiger partial charge in [0.05, 0.1) is 13.2 Å². The number of hydrogen-bond acceptors (Lipinski definition) is 3. The Bertz CT molecular complexity index is 533. The minimum Gasteiger partial charge on any atom is -0.378 e. The van der Waals surface area contributed by atoms with Crippen molar-refractivity contribution in [1.29, 1.82) is 0 Å². The van der Waals surface area contributed by atoms with E-state index in [0.29, 0.717) is 43.3 Å². The average molecular weight is 346 g/mol. The van der Waals surface area contributed by atoms with Crippen molar-refractivity contribution in [1.82, 2.24) is 9.80 Å². The predicted molar refractivity (Wildman–Crippen MR) is 94.8 cm³/mol. The monoisotopic (exact) mass is 346 g/mol. The van der Waals surface area contributed by atoms with E-state index in [1.807, 2.05) is 4.90 Å². The maximum absolute atomic E-state index is 12.8. The molecule has 0 N–H and O–H groups in total. The first-order valence-corrected chi connectivity index (χ1v) is 10.0. The number of hydrogen-bond donors (Lipinski definition) is 0. The second kappa shape index (κ2) is 7.48. The average Bonchev–Trinajstić information content (AvgIpc) is 3.30. The van der Waals surface area contributed by atoms with E-state index >= 15 is 0 Å². The summed E-state index contributed by atoms with van der Waals surface area (Å²) in [5, 5.41) is 0. The molecule has 1 saturated carbocycles. The summed E-state index contributed by atoms with van der Waals surface area (Å²) < 4.78 is 5.30. The molecule has 4 aliphatic rings. The number of carbonyl (C=O) groups is 2. The maximum atomic E-state index is 12.8. The van der Waals surface area contributed by atoms with Crippen molar-refractivity contribution < 1.29 is 14.3 Å². The van der Waals surface area contributed by atoms with Crippen LogP contribution in [-0.2, 0) is 14.3 Å². The predicted octanol–water partition coefficient (Wildman–Crippen LogP) is 2.08. The number of fused-ring (bicyclic) bond motifs is 2. The van der Waals surface area contributed by atoms with Gasteiger partial charge in [0.2, 0.25) is 11.8 Å². The molecule has 0 radical (unpaired) electrons. The highest BCUT2D eigenvalue weighted by molar-refractivity contribution is 5.80. The highest BCUT2D eigenvalue weighted by atomic mass is 16.5. The number of likely N-dealkylation sites (tertiary alicyclic amines) is 1.